The number of hydrogen-bond donors (Lipinski definition) is 1. The summed E-state index contributed by atoms with van der Waals surface area (Å²) in [5.41, 5.74) is 2.75. The highest BCUT2D eigenvalue weighted by atomic mass is 35.5. The number of furan rings is 1. The third-order valence-corrected chi connectivity index (χ3v) is 3.98. The average Bonchev–Trinajstić information content (AvgIpc) is 2.95. The van der Waals surface area contributed by atoms with Crippen LogP contribution in [0.2, 0.25) is 5.02 Å². The molecule has 3 aromatic rings. The number of carbonyl (C=O) groups is 1. The molecule has 3 nitrogen and oxygen atoms in total. The highest BCUT2D eigenvalue weighted by molar-refractivity contribution is 6.31. The van der Waals surface area contributed by atoms with Gasteiger partial charge in [-0.05, 0) is 54.0 Å². The first-order valence-corrected chi connectivity index (χ1v) is 8.17. The molecule has 1 N–H and O–H groups in total. The molecule has 1 aromatic heterocycles. The van der Waals surface area contributed by atoms with Crippen LogP contribution in [0.5, 0.6) is 0 Å². The Labute approximate surface area is 145 Å². The summed E-state index contributed by atoms with van der Waals surface area (Å²) < 4.78 is 5.64. The number of benzene rings is 2. The molecule has 122 valence electrons. The largest absolute Gasteiger partial charge is 0.457 e. The summed E-state index contributed by atoms with van der Waals surface area (Å²) in [4.78, 5) is 12.0. The standard InChI is InChI=1S/C20H18ClNO2/c1-13(2)14-3-6-17(7-4-14)22-20(23)10-8-18-12-15-11-16(21)5-9-19(15)24-18/h3-13H,1-2H3,(H,22,23). The van der Waals surface area contributed by atoms with E-state index in [1.165, 1.54) is 11.6 Å². The number of halogens is 1. The lowest BCUT2D eigenvalue weighted by molar-refractivity contribution is -0.111. The number of amides is 1. The van der Waals surface area contributed by atoms with E-state index in [4.69, 9.17) is 16.0 Å². The molecule has 0 bridgehead atoms. The summed E-state index contributed by atoms with van der Waals surface area (Å²) in [6.07, 6.45) is 3.10. The Balaban J connectivity index is 1.67. The van der Waals surface area contributed by atoms with Crippen molar-refractivity contribution in [2.75, 3.05) is 5.32 Å². The number of hydrogen-bond acceptors (Lipinski definition) is 2. The van der Waals surface area contributed by atoms with Crippen LogP contribution >= 0.6 is 11.6 Å². The second-order valence-corrected chi connectivity index (χ2v) is 6.37. The molecule has 0 saturated heterocycles. The van der Waals surface area contributed by atoms with Gasteiger partial charge in [0.1, 0.15) is 11.3 Å². The summed E-state index contributed by atoms with van der Waals surface area (Å²) in [5, 5.41) is 4.40. The Morgan fingerprint density at radius 1 is 1.12 bits per heavy atom. The van der Waals surface area contributed by atoms with Crippen molar-refractivity contribution in [2.45, 2.75) is 19.8 Å². The van der Waals surface area contributed by atoms with Crippen LogP contribution in [0.25, 0.3) is 17.0 Å². The molecule has 0 saturated carbocycles. The smallest absolute Gasteiger partial charge is 0.248 e. The molecule has 4 heteroatoms. The van der Waals surface area contributed by atoms with Crippen LogP contribution in [0.15, 0.2) is 59.0 Å². The van der Waals surface area contributed by atoms with Gasteiger partial charge in [-0.3, -0.25) is 4.79 Å². The Hall–Kier alpha value is -2.52. The average molecular weight is 340 g/mol. The maximum atomic E-state index is 12.0. The van der Waals surface area contributed by atoms with Gasteiger partial charge in [-0.2, -0.15) is 0 Å². The van der Waals surface area contributed by atoms with Gasteiger partial charge in [0.25, 0.3) is 0 Å². The van der Waals surface area contributed by atoms with Crippen LogP contribution in [0.3, 0.4) is 0 Å². The fourth-order valence-electron chi connectivity index (χ4n) is 2.41. The minimum Gasteiger partial charge on any atom is -0.457 e. The van der Waals surface area contributed by atoms with E-state index in [0.29, 0.717) is 16.7 Å². The first-order valence-electron chi connectivity index (χ1n) is 7.79. The lowest BCUT2D eigenvalue weighted by atomic mass is 10.0. The van der Waals surface area contributed by atoms with E-state index >= 15 is 0 Å². The molecule has 0 fully saturated rings. The second-order valence-electron chi connectivity index (χ2n) is 5.93. The van der Waals surface area contributed by atoms with E-state index < -0.39 is 0 Å². The van der Waals surface area contributed by atoms with Gasteiger partial charge in [0.2, 0.25) is 5.91 Å². The van der Waals surface area contributed by atoms with Gasteiger partial charge in [0, 0.05) is 22.2 Å². The van der Waals surface area contributed by atoms with Crippen LogP contribution in [0.1, 0.15) is 31.1 Å². The lowest BCUT2D eigenvalue weighted by Crippen LogP contribution is -2.07. The van der Waals surface area contributed by atoms with E-state index in [0.717, 1.165) is 16.7 Å². The Morgan fingerprint density at radius 3 is 2.58 bits per heavy atom. The van der Waals surface area contributed by atoms with Crippen molar-refractivity contribution in [3.8, 4) is 0 Å². The van der Waals surface area contributed by atoms with Crippen molar-refractivity contribution in [3.05, 3.63) is 71.0 Å². The van der Waals surface area contributed by atoms with Crippen molar-refractivity contribution in [2.24, 2.45) is 0 Å². The molecule has 24 heavy (non-hydrogen) atoms. The summed E-state index contributed by atoms with van der Waals surface area (Å²) >= 11 is 5.95. The number of anilines is 1. The van der Waals surface area contributed by atoms with Crippen molar-refractivity contribution < 1.29 is 9.21 Å². The summed E-state index contributed by atoms with van der Waals surface area (Å²) in [5.74, 6) is 0.875. The second kappa shape index (κ2) is 6.93. The molecule has 1 heterocycles. The third-order valence-electron chi connectivity index (χ3n) is 3.74. The van der Waals surface area contributed by atoms with E-state index in [9.17, 15) is 4.79 Å². The highest BCUT2D eigenvalue weighted by Crippen LogP contribution is 2.23. The zero-order chi connectivity index (χ0) is 17.1. The molecular weight excluding hydrogens is 322 g/mol. The Bertz CT molecular complexity index is 892. The van der Waals surface area contributed by atoms with Crippen LogP contribution in [0.4, 0.5) is 5.69 Å². The quantitative estimate of drug-likeness (QED) is 0.605. The van der Waals surface area contributed by atoms with Crippen molar-refractivity contribution >= 4 is 40.2 Å². The minimum atomic E-state index is -0.203. The topological polar surface area (TPSA) is 42.2 Å². The molecule has 0 aliphatic carbocycles. The number of nitrogens with one attached hydrogen (secondary N) is 1. The molecule has 1 amide bonds. The summed E-state index contributed by atoms with van der Waals surface area (Å²) in [6.45, 7) is 4.27. The molecule has 0 aliphatic heterocycles. The van der Waals surface area contributed by atoms with Crippen molar-refractivity contribution in [3.63, 3.8) is 0 Å². The zero-order valence-corrected chi connectivity index (χ0v) is 14.3. The van der Waals surface area contributed by atoms with Gasteiger partial charge in [-0.25, -0.2) is 0 Å². The first-order chi connectivity index (χ1) is 11.5. The van der Waals surface area contributed by atoms with E-state index in [2.05, 4.69) is 19.2 Å². The molecule has 0 aliphatic rings. The number of fused-ring (bicyclic) bond motifs is 1. The van der Waals surface area contributed by atoms with Gasteiger partial charge in [0.05, 0.1) is 0 Å². The maximum absolute atomic E-state index is 12.0. The van der Waals surface area contributed by atoms with Crippen LogP contribution in [0, 0.1) is 0 Å². The van der Waals surface area contributed by atoms with Gasteiger partial charge in [-0.1, -0.05) is 37.6 Å². The zero-order valence-electron chi connectivity index (χ0n) is 13.5. The maximum Gasteiger partial charge on any atom is 0.248 e. The predicted molar refractivity (Wildman–Crippen MR) is 99.4 cm³/mol. The van der Waals surface area contributed by atoms with Gasteiger partial charge in [0.15, 0.2) is 0 Å². The Morgan fingerprint density at radius 2 is 1.88 bits per heavy atom. The molecule has 0 unspecified atom stereocenters. The number of carbonyl (C=O) groups excluding carboxylic acids is 1. The van der Waals surface area contributed by atoms with Gasteiger partial charge >= 0.3 is 0 Å². The molecule has 0 radical (unpaired) electrons. The fourth-order valence-corrected chi connectivity index (χ4v) is 2.59. The monoisotopic (exact) mass is 339 g/mol. The van der Waals surface area contributed by atoms with Crippen molar-refractivity contribution in [1.29, 1.82) is 0 Å². The van der Waals surface area contributed by atoms with Crippen LogP contribution < -0.4 is 5.32 Å². The third kappa shape index (κ3) is 3.87. The van der Waals surface area contributed by atoms with E-state index in [-0.39, 0.29) is 5.91 Å². The van der Waals surface area contributed by atoms with E-state index in [1.807, 2.05) is 42.5 Å². The van der Waals surface area contributed by atoms with Crippen LogP contribution in [-0.4, -0.2) is 5.91 Å². The van der Waals surface area contributed by atoms with Gasteiger partial charge in [-0.15, -0.1) is 0 Å². The molecule has 3 rings (SSSR count). The Kier molecular flexibility index (Phi) is 4.72. The van der Waals surface area contributed by atoms with Crippen molar-refractivity contribution in [1.82, 2.24) is 0 Å². The van der Waals surface area contributed by atoms with Crippen LogP contribution in [-0.2, 0) is 4.79 Å². The lowest BCUT2D eigenvalue weighted by Gasteiger charge is -2.07. The molecule has 0 spiro atoms. The van der Waals surface area contributed by atoms with Gasteiger partial charge < -0.3 is 9.73 Å². The summed E-state index contributed by atoms with van der Waals surface area (Å²) in [6, 6.07) is 15.1. The first kappa shape index (κ1) is 16.3. The van der Waals surface area contributed by atoms with E-state index in [1.54, 1.807) is 12.1 Å². The predicted octanol–water partition coefficient (Wildman–Crippen LogP) is 5.86. The molecular formula is C20H18ClNO2. The highest BCUT2D eigenvalue weighted by Gasteiger charge is 2.04. The molecule has 2 aromatic carbocycles. The number of rotatable bonds is 4. The summed E-state index contributed by atoms with van der Waals surface area (Å²) in [7, 11) is 0. The fraction of sp³-hybridized carbons (Fsp3) is 0.150. The normalized spacial score (nSPS) is 11.5. The SMILES string of the molecule is CC(C)c1ccc(NC(=O)C=Cc2cc3cc(Cl)ccc3o2)cc1. The minimum absolute atomic E-state index is 0.203. The molecule has 0 atom stereocenters.